The van der Waals surface area contributed by atoms with Crippen LogP contribution in [0.3, 0.4) is 0 Å². The maximum Gasteiger partial charge on any atom is 0.419 e. The summed E-state index contributed by atoms with van der Waals surface area (Å²) in [5, 5.41) is 10.9. The van der Waals surface area contributed by atoms with Gasteiger partial charge in [0, 0.05) is 6.20 Å². The first kappa shape index (κ1) is 11.5. The number of aromatic nitrogens is 4. The van der Waals surface area contributed by atoms with E-state index in [0.717, 1.165) is 17.1 Å². The molecule has 0 aliphatic heterocycles. The molecule has 0 radical (unpaired) electrons. The van der Waals surface area contributed by atoms with Gasteiger partial charge in [-0.05, 0) is 22.4 Å². The van der Waals surface area contributed by atoms with Crippen molar-refractivity contribution in [3.05, 3.63) is 30.1 Å². The van der Waals surface area contributed by atoms with Crippen molar-refractivity contribution in [2.24, 2.45) is 0 Å². The first-order valence-corrected chi connectivity index (χ1v) is 5.10. The number of hydrogen-bond acceptors (Lipinski definition) is 5. The Morgan fingerprint density at radius 1 is 1.16 bits per heavy atom. The van der Waals surface area contributed by atoms with Crippen LogP contribution in [0.5, 0.6) is 0 Å². The Hall–Kier alpha value is -2.58. The second-order valence-electron chi connectivity index (χ2n) is 3.81. The van der Waals surface area contributed by atoms with Crippen molar-refractivity contribution >= 4 is 16.7 Å². The molecule has 1 aromatic carbocycles. The molecule has 2 aromatic heterocycles. The number of hydrogen-bond donors (Lipinski definition) is 1. The van der Waals surface area contributed by atoms with Crippen molar-refractivity contribution in [1.29, 1.82) is 0 Å². The summed E-state index contributed by atoms with van der Waals surface area (Å²) >= 11 is 0. The van der Waals surface area contributed by atoms with E-state index in [1.807, 2.05) is 0 Å². The molecule has 9 heteroatoms. The highest BCUT2D eigenvalue weighted by Gasteiger charge is 2.32. The van der Waals surface area contributed by atoms with Crippen LogP contribution in [0.15, 0.2) is 29.2 Å². The highest BCUT2D eigenvalue weighted by Crippen LogP contribution is 2.30. The molecule has 0 amide bonds. The van der Waals surface area contributed by atoms with Gasteiger partial charge >= 0.3 is 6.18 Å². The third-order valence-corrected chi connectivity index (χ3v) is 2.58. The van der Waals surface area contributed by atoms with Crippen molar-refractivity contribution < 1.29 is 17.8 Å². The van der Waals surface area contributed by atoms with Crippen molar-refractivity contribution in [2.75, 3.05) is 5.73 Å². The Morgan fingerprint density at radius 2 is 1.89 bits per heavy atom. The average Bonchev–Trinajstić information content (AvgIpc) is 2.97. The van der Waals surface area contributed by atoms with Gasteiger partial charge in [0.25, 0.3) is 0 Å². The van der Waals surface area contributed by atoms with Crippen LogP contribution in [-0.4, -0.2) is 20.1 Å². The van der Waals surface area contributed by atoms with E-state index in [4.69, 9.17) is 5.73 Å². The summed E-state index contributed by atoms with van der Waals surface area (Å²) in [4.78, 5) is 0. The van der Waals surface area contributed by atoms with Crippen LogP contribution in [0.2, 0.25) is 0 Å². The third-order valence-electron chi connectivity index (χ3n) is 2.58. The Kier molecular flexibility index (Phi) is 2.24. The van der Waals surface area contributed by atoms with Gasteiger partial charge in [0.15, 0.2) is 11.0 Å². The molecule has 0 spiro atoms. The summed E-state index contributed by atoms with van der Waals surface area (Å²) in [6.45, 7) is 0. The third kappa shape index (κ3) is 1.79. The molecule has 0 bridgehead atoms. The minimum Gasteiger partial charge on any atom is -0.397 e. The number of fused-ring (bicyclic) bond motifs is 1. The minimum atomic E-state index is -4.45. The maximum atomic E-state index is 12.5. The van der Waals surface area contributed by atoms with Gasteiger partial charge in [0.2, 0.25) is 0 Å². The van der Waals surface area contributed by atoms with Crippen molar-refractivity contribution in [3.63, 3.8) is 0 Å². The van der Waals surface area contributed by atoms with Crippen molar-refractivity contribution in [3.8, 4) is 5.69 Å². The van der Waals surface area contributed by atoms with Gasteiger partial charge in [0.1, 0.15) is 0 Å². The van der Waals surface area contributed by atoms with E-state index in [1.54, 1.807) is 0 Å². The number of alkyl halides is 3. The molecule has 0 fully saturated rings. The molecule has 0 aliphatic rings. The molecule has 98 valence electrons. The van der Waals surface area contributed by atoms with Crippen LogP contribution in [0.4, 0.5) is 18.9 Å². The topological polar surface area (TPSA) is 82.8 Å². The van der Waals surface area contributed by atoms with Gasteiger partial charge in [-0.3, -0.25) is 0 Å². The van der Waals surface area contributed by atoms with Gasteiger partial charge in [-0.15, -0.1) is 0 Å². The molecular formula is C10H6F3N5O. The zero-order valence-corrected chi connectivity index (χ0v) is 9.22. The molecule has 3 rings (SSSR count). The van der Waals surface area contributed by atoms with E-state index in [0.29, 0.717) is 11.4 Å². The summed E-state index contributed by atoms with van der Waals surface area (Å²) in [6.07, 6.45) is -2.86. The predicted molar refractivity (Wildman–Crippen MR) is 58.3 cm³/mol. The summed E-state index contributed by atoms with van der Waals surface area (Å²) in [5.74, 6) is 0. The fourth-order valence-corrected chi connectivity index (χ4v) is 1.66. The van der Waals surface area contributed by atoms with Crippen molar-refractivity contribution in [1.82, 2.24) is 20.1 Å². The highest BCUT2D eigenvalue weighted by molar-refractivity contribution is 5.91. The zero-order valence-electron chi connectivity index (χ0n) is 9.22. The monoisotopic (exact) mass is 269 g/mol. The standard InChI is InChI=1S/C10H6F3N5O/c11-10(12,13)5-3-15-18(4-5)7-2-1-6(14)8-9(7)17-19-16-8/h1-4H,14H2. The van der Waals surface area contributed by atoms with Crippen molar-refractivity contribution in [2.45, 2.75) is 6.18 Å². The largest absolute Gasteiger partial charge is 0.419 e. The summed E-state index contributed by atoms with van der Waals surface area (Å²) in [7, 11) is 0. The number of anilines is 1. The molecule has 6 nitrogen and oxygen atoms in total. The second-order valence-corrected chi connectivity index (χ2v) is 3.81. The number of nitrogen functional groups attached to an aromatic ring is 1. The summed E-state index contributed by atoms with van der Waals surface area (Å²) in [5.41, 5.74) is 5.95. The molecule has 0 saturated carbocycles. The average molecular weight is 269 g/mol. The smallest absolute Gasteiger partial charge is 0.397 e. The molecule has 0 aliphatic carbocycles. The molecule has 0 unspecified atom stereocenters. The van der Waals surface area contributed by atoms with E-state index >= 15 is 0 Å². The van der Waals surface area contributed by atoms with Crippen LogP contribution in [0.25, 0.3) is 16.7 Å². The SMILES string of the molecule is Nc1ccc(-n2cc(C(F)(F)F)cn2)c2nonc12. The predicted octanol–water partition coefficient (Wildman–Crippen LogP) is 2.01. The van der Waals surface area contributed by atoms with E-state index in [1.165, 1.54) is 12.1 Å². The maximum absolute atomic E-state index is 12.5. The van der Waals surface area contributed by atoms with Crippen LogP contribution >= 0.6 is 0 Å². The fraction of sp³-hybridized carbons (Fsp3) is 0.100. The zero-order chi connectivity index (χ0) is 13.6. The lowest BCUT2D eigenvalue weighted by atomic mass is 10.2. The lowest BCUT2D eigenvalue weighted by Gasteiger charge is -2.03. The van der Waals surface area contributed by atoms with Crippen LogP contribution in [-0.2, 0) is 6.18 Å². The summed E-state index contributed by atoms with van der Waals surface area (Å²) < 4.78 is 43.1. The van der Waals surface area contributed by atoms with Gasteiger partial charge in [-0.25, -0.2) is 9.31 Å². The lowest BCUT2D eigenvalue weighted by Crippen LogP contribution is -2.03. The molecule has 19 heavy (non-hydrogen) atoms. The molecule has 3 aromatic rings. The van der Waals surface area contributed by atoms with Gasteiger partial charge in [-0.2, -0.15) is 18.3 Å². The first-order chi connectivity index (χ1) is 8.97. The summed E-state index contributed by atoms with van der Waals surface area (Å²) in [6, 6.07) is 2.99. The number of nitrogens with zero attached hydrogens (tertiary/aromatic N) is 4. The van der Waals surface area contributed by atoms with Gasteiger partial charge < -0.3 is 5.73 Å². The normalized spacial score (nSPS) is 12.2. The minimum absolute atomic E-state index is 0.247. The molecule has 2 heterocycles. The molecule has 0 atom stereocenters. The highest BCUT2D eigenvalue weighted by atomic mass is 19.4. The quantitative estimate of drug-likeness (QED) is 0.683. The fourth-order valence-electron chi connectivity index (χ4n) is 1.66. The second kappa shape index (κ2) is 3.70. The number of benzene rings is 1. The molecule has 0 saturated heterocycles. The Bertz CT molecular complexity index is 745. The van der Waals surface area contributed by atoms with E-state index < -0.39 is 11.7 Å². The van der Waals surface area contributed by atoms with Gasteiger partial charge in [-0.1, -0.05) is 0 Å². The number of nitrogens with two attached hydrogens (primary N) is 1. The molecular weight excluding hydrogens is 263 g/mol. The Balaban J connectivity index is 2.17. The van der Waals surface area contributed by atoms with Crippen LogP contribution in [0.1, 0.15) is 5.56 Å². The lowest BCUT2D eigenvalue weighted by molar-refractivity contribution is -0.137. The van der Waals surface area contributed by atoms with E-state index in [9.17, 15) is 13.2 Å². The van der Waals surface area contributed by atoms with Gasteiger partial charge in [0.05, 0.1) is 23.1 Å². The van der Waals surface area contributed by atoms with E-state index in [-0.39, 0.29) is 11.0 Å². The first-order valence-electron chi connectivity index (χ1n) is 5.10. The Morgan fingerprint density at radius 3 is 2.58 bits per heavy atom. The Labute approximate surface area is 103 Å². The van der Waals surface area contributed by atoms with Crippen LogP contribution in [0, 0.1) is 0 Å². The van der Waals surface area contributed by atoms with Crippen LogP contribution < -0.4 is 5.73 Å². The number of rotatable bonds is 1. The molecule has 2 N–H and O–H groups in total. The van der Waals surface area contributed by atoms with E-state index in [2.05, 4.69) is 20.0 Å². The number of halogens is 3.